The number of carbonyl (C=O) groups excluding carboxylic acids is 2. The van der Waals surface area contributed by atoms with Crippen LogP contribution in [0.4, 0.5) is 0 Å². The molecule has 30 heavy (non-hydrogen) atoms. The Bertz CT molecular complexity index is 996. The van der Waals surface area contributed by atoms with E-state index in [1.165, 1.54) is 0 Å². The molecule has 2 aromatic rings. The Labute approximate surface area is 179 Å². The van der Waals surface area contributed by atoms with Gasteiger partial charge in [-0.25, -0.2) is 0 Å². The molecule has 158 valence electrons. The fourth-order valence-corrected chi connectivity index (χ4v) is 4.16. The number of rotatable bonds is 5. The van der Waals surface area contributed by atoms with E-state index in [-0.39, 0.29) is 23.5 Å². The van der Waals surface area contributed by atoms with Crippen LogP contribution in [0.15, 0.2) is 35.3 Å². The SMILES string of the molecule is O=C(NCCc1ccc(Cl)cc1)c1c2c(c[nH]c1=O)CN(C(=O)C1CCCO1)CC2. The molecule has 0 spiro atoms. The average Bonchev–Trinajstić information content (AvgIpc) is 3.29. The van der Waals surface area contributed by atoms with Crippen LogP contribution in [0, 0.1) is 0 Å². The lowest BCUT2D eigenvalue weighted by Crippen LogP contribution is -2.43. The van der Waals surface area contributed by atoms with Crippen LogP contribution in [-0.2, 0) is 28.9 Å². The van der Waals surface area contributed by atoms with Gasteiger partial charge in [0.1, 0.15) is 11.7 Å². The van der Waals surface area contributed by atoms with Crippen molar-refractivity contribution in [1.29, 1.82) is 0 Å². The fourth-order valence-electron chi connectivity index (χ4n) is 4.03. The summed E-state index contributed by atoms with van der Waals surface area (Å²) in [6.07, 6.45) is 3.99. The van der Waals surface area contributed by atoms with Gasteiger partial charge in [-0.2, -0.15) is 0 Å². The number of amides is 2. The van der Waals surface area contributed by atoms with E-state index in [0.717, 1.165) is 29.5 Å². The second-order valence-electron chi connectivity index (χ2n) is 7.64. The van der Waals surface area contributed by atoms with E-state index in [4.69, 9.17) is 16.3 Å². The summed E-state index contributed by atoms with van der Waals surface area (Å²) >= 11 is 5.89. The second kappa shape index (κ2) is 9.02. The summed E-state index contributed by atoms with van der Waals surface area (Å²) in [6.45, 7) is 1.87. The molecule has 0 saturated carbocycles. The maximum absolute atomic E-state index is 12.8. The number of hydrogen-bond donors (Lipinski definition) is 2. The molecule has 2 aliphatic heterocycles. The number of H-pyrrole nitrogens is 1. The first kappa shape index (κ1) is 20.6. The quantitative estimate of drug-likeness (QED) is 0.761. The molecule has 8 heteroatoms. The van der Waals surface area contributed by atoms with E-state index < -0.39 is 5.56 Å². The molecular weight excluding hydrogens is 406 g/mol. The predicted molar refractivity (Wildman–Crippen MR) is 113 cm³/mol. The zero-order valence-electron chi connectivity index (χ0n) is 16.6. The van der Waals surface area contributed by atoms with Gasteiger partial charge in [-0.3, -0.25) is 14.4 Å². The predicted octanol–water partition coefficient (Wildman–Crippen LogP) is 2.06. The van der Waals surface area contributed by atoms with E-state index in [1.54, 1.807) is 23.2 Å². The van der Waals surface area contributed by atoms with Crippen LogP contribution >= 0.6 is 11.6 Å². The van der Waals surface area contributed by atoms with E-state index in [2.05, 4.69) is 10.3 Å². The number of fused-ring (bicyclic) bond motifs is 1. The van der Waals surface area contributed by atoms with Gasteiger partial charge in [-0.15, -0.1) is 0 Å². The summed E-state index contributed by atoms with van der Waals surface area (Å²) in [7, 11) is 0. The Morgan fingerprint density at radius 2 is 2.07 bits per heavy atom. The van der Waals surface area contributed by atoms with Crippen LogP contribution in [0.1, 0.15) is 39.9 Å². The number of halogens is 1. The standard InChI is InChI=1S/C22H24ClN3O4/c23-16-5-3-14(4-6-16)7-9-24-20(27)19-17-8-10-26(13-15(17)12-25-21(19)28)22(29)18-2-1-11-30-18/h3-6,12,18H,1-2,7-11,13H2,(H,24,27)(H,25,28). The number of ether oxygens (including phenoxy) is 1. The minimum atomic E-state index is -0.406. The highest BCUT2D eigenvalue weighted by atomic mass is 35.5. The van der Waals surface area contributed by atoms with Crippen molar-refractivity contribution in [3.8, 4) is 0 Å². The minimum absolute atomic E-state index is 0.0154. The summed E-state index contributed by atoms with van der Waals surface area (Å²) in [5, 5.41) is 3.50. The highest BCUT2D eigenvalue weighted by molar-refractivity contribution is 6.30. The zero-order valence-corrected chi connectivity index (χ0v) is 17.3. The number of aromatic amines is 1. The minimum Gasteiger partial charge on any atom is -0.368 e. The van der Waals surface area contributed by atoms with Gasteiger partial charge in [0.15, 0.2) is 0 Å². The Hall–Kier alpha value is -2.64. The van der Waals surface area contributed by atoms with Crippen molar-refractivity contribution in [2.45, 2.75) is 38.3 Å². The van der Waals surface area contributed by atoms with Crippen molar-refractivity contribution in [3.05, 3.63) is 68.1 Å². The van der Waals surface area contributed by atoms with Crippen molar-refractivity contribution in [2.24, 2.45) is 0 Å². The Kier molecular flexibility index (Phi) is 6.20. The highest BCUT2D eigenvalue weighted by Crippen LogP contribution is 2.23. The normalized spacial score (nSPS) is 18.2. The Balaban J connectivity index is 1.43. The lowest BCUT2D eigenvalue weighted by atomic mass is 9.96. The van der Waals surface area contributed by atoms with Crippen LogP contribution in [0.25, 0.3) is 0 Å². The van der Waals surface area contributed by atoms with Crippen molar-refractivity contribution in [1.82, 2.24) is 15.2 Å². The lowest BCUT2D eigenvalue weighted by molar-refractivity contribution is -0.141. The molecule has 3 heterocycles. The number of benzene rings is 1. The summed E-state index contributed by atoms with van der Waals surface area (Å²) in [5.41, 5.74) is 2.31. The third-order valence-corrected chi connectivity index (χ3v) is 5.90. The molecule has 2 amide bonds. The summed E-state index contributed by atoms with van der Waals surface area (Å²) in [5.74, 6) is -0.403. The van der Waals surface area contributed by atoms with Crippen LogP contribution < -0.4 is 10.9 Å². The molecule has 1 saturated heterocycles. The molecule has 1 unspecified atom stereocenters. The first-order valence-electron chi connectivity index (χ1n) is 10.2. The second-order valence-corrected chi connectivity index (χ2v) is 8.08. The third-order valence-electron chi connectivity index (χ3n) is 5.64. The first-order chi connectivity index (χ1) is 14.5. The average molecular weight is 430 g/mol. The van der Waals surface area contributed by atoms with E-state index in [0.29, 0.717) is 44.1 Å². The largest absolute Gasteiger partial charge is 0.368 e. The van der Waals surface area contributed by atoms with Crippen LogP contribution in [0.5, 0.6) is 0 Å². The van der Waals surface area contributed by atoms with Gasteiger partial charge in [0.05, 0.1) is 0 Å². The van der Waals surface area contributed by atoms with E-state index in [9.17, 15) is 14.4 Å². The van der Waals surface area contributed by atoms with Gasteiger partial charge >= 0.3 is 0 Å². The molecule has 7 nitrogen and oxygen atoms in total. The molecule has 4 rings (SSSR count). The number of nitrogens with one attached hydrogen (secondary N) is 2. The number of hydrogen-bond acceptors (Lipinski definition) is 4. The summed E-state index contributed by atoms with van der Waals surface area (Å²) < 4.78 is 5.50. The number of pyridine rings is 1. The number of aromatic nitrogens is 1. The Morgan fingerprint density at radius 1 is 1.27 bits per heavy atom. The van der Waals surface area contributed by atoms with Gasteiger partial charge in [0.2, 0.25) is 0 Å². The molecule has 2 aliphatic rings. The topological polar surface area (TPSA) is 91.5 Å². The van der Waals surface area contributed by atoms with Crippen LogP contribution in [-0.4, -0.2) is 47.5 Å². The van der Waals surface area contributed by atoms with Gasteiger partial charge < -0.3 is 19.9 Å². The van der Waals surface area contributed by atoms with Gasteiger partial charge in [-0.05, 0) is 54.5 Å². The van der Waals surface area contributed by atoms with Gasteiger partial charge in [0, 0.05) is 37.5 Å². The zero-order chi connectivity index (χ0) is 21.1. The summed E-state index contributed by atoms with van der Waals surface area (Å²) in [4.78, 5) is 42.2. The molecule has 1 aromatic carbocycles. The highest BCUT2D eigenvalue weighted by Gasteiger charge is 2.32. The van der Waals surface area contributed by atoms with E-state index in [1.807, 2.05) is 12.1 Å². The lowest BCUT2D eigenvalue weighted by Gasteiger charge is -2.31. The monoisotopic (exact) mass is 429 g/mol. The molecule has 0 radical (unpaired) electrons. The number of nitrogens with zero attached hydrogens (tertiary/aromatic N) is 1. The van der Waals surface area contributed by atoms with Crippen LogP contribution in [0.2, 0.25) is 5.02 Å². The van der Waals surface area contributed by atoms with Crippen molar-refractivity contribution >= 4 is 23.4 Å². The molecule has 0 aliphatic carbocycles. The van der Waals surface area contributed by atoms with Crippen molar-refractivity contribution in [2.75, 3.05) is 19.7 Å². The molecule has 1 fully saturated rings. The fraction of sp³-hybridized carbons (Fsp3) is 0.409. The molecule has 1 aromatic heterocycles. The van der Waals surface area contributed by atoms with Gasteiger partial charge in [-0.1, -0.05) is 23.7 Å². The Morgan fingerprint density at radius 3 is 2.80 bits per heavy atom. The van der Waals surface area contributed by atoms with Crippen LogP contribution in [0.3, 0.4) is 0 Å². The summed E-state index contributed by atoms with van der Waals surface area (Å²) in [6, 6.07) is 7.43. The maximum atomic E-state index is 12.8. The third kappa shape index (κ3) is 4.42. The van der Waals surface area contributed by atoms with E-state index >= 15 is 0 Å². The van der Waals surface area contributed by atoms with Gasteiger partial charge in [0.25, 0.3) is 17.4 Å². The maximum Gasteiger partial charge on any atom is 0.261 e. The molecule has 1 atom stereocenters. The molecule has 0 bridgehead atoms. The van der Waals surface area contributed by atoms with Crippen molar-refractivity contribution in [3.63, 3.8) is 0 Å². The number of carbonyl (C=O) groups is 2. The molecule has 2 N–H and O–H groups in total. The first-order valence-corrected chi connectivity index (χ1v) is 10.6. The molecular formula is C22H24ClN3O4. The van der Waals surface area contributed by atoms with Crippen molar-refractivity contribution < 1.29 is 14.3 Å². The smallest absolute Gasteiger partial charge is 0.261 e.